The maximum absolute atomic E-state index is 13.0. The maximum atomic E-state index is 13.0. The molecule has 0 radical (unpaired) electrons. The van der Waals surface area contributed by atoms with Gasteiger partial charge in [-0.3, -0.25) is 9.59 Å². The molecule has 168 valence electrons. The van der Waals surface area contributed by atoms with Crippen molar-refractivity contribution >= 4 is 11.8 Å². The van der Waals surface area contributed by atoms with Gasteiger partial charge in [0.15, 0.2) is 5.72 Å². The summed E-state index contributed by atoms with van der Waals surface area (Å²) in [4.78, 5) is 28.2. The van der Waals surface area contributed by atoms with Gasteiger partial charge in [0.05, 0.1) is 5.56 Å². The van der Waals surface area contributed by atoms with E-state index in [1.807, 2.05) is 18.2 Å². The fourth-order valence-electron chi connectivity index (χ4n) is 6.40. The van der Waals surface area contributed by atoms with Gasteiger partial charge in [0, 0.05) is 37.4 Å². The van der Waals surface area contributed by atoms with Crippen molar-refractivity contribution in [3.8, 4) is 5.75 Å². The molecular formula is C25H35N3O3. The van der Waals surface area contributed by atoms with Gasteiger partial charge in [0.2, 0.25) is 5.91 Å². The summed E-state index contributed by atoms with van der Waals surface area (Å²) in [6, 6.07) is 8.13. The number of nitrogens with zero attached hydrogens (tertiary/aromatic N) is 1. The van der Waals surface area contributed by atoms with E-state index in [0.717, 1.165) is 45.2 Å². The van der Waals surface area contributed by atoms with Crippen molar-refractivity contribution in [2.75, 3.05) is 19.6 Å². The molecule has 5 unspecified atom stereocenters. The average Bonchev–Trinajstić information content (AvgIpc) is 2.78. The molecular weight excluding hydrogens is 390 g/mol. The second-order valence-electron chi connectivity index (χ2n) is 10.0. The lowest BCUT2D eigenvalue weighted by atomic mass is 9.60. The molecule has 5 aliphatic rings. The Hall–Kier alpha value is -2.08. The quantitative estimate of drug-likeness (QED) is 0.710. The summed E-state index contributed by atoms with van der Waals surface area (Å²) in [6.07, 6.45) is 8.51. The molecule has 6 rings (SSSR count). The summed E-state index contributed by atoms with van der Waals surface area (Å²) >= 11 is 0. The van der Waals surface area contributed by atoms with Crippen LogP contribution in [-0.4, -0.2) is 48.1 Å². The number of ether oxygens (including phenoxy) is 1. The summed E-state index contributed by atoms with van der Waals surface area (Å²) < 4.78 is 6.40. The first-order valence-corrected chi connectivity index (χ1v) is 12.2. The minimum absolute atomic E-state index is 0.0379. The van der Waals surface area contributed by atoms with Crippen LogP contribution in [0, 0.1) is 17.8 Å². The third-order valence-corrected chi connectivity index (χ3v) is 8.17. The predicted molar refractivity (Wildman–Crippen MR) is 119 cm³/mol. The highest BCUT2D eigenvalue weighted by Gasteiger charge is 2.57. The van der Waals surface area contributed by atoms with Gasteiger partial charge in [-0.25, -0.2) is 0 Å². The number of para-hydroxylation sites is 1. The minimum atomic E-state index is -0.643. The first-order valence-electron chi connectivity index (χ1n) is 12.2. The number of nitrogens with one attached hydrogen (secondary N) is 2. The SMILES string of the molecule is CC1CCCCN1CCCNC(=O)C1CC2CCC1CC21NC(=O)c2ccccc2O1. The maximum Gasteiger partial charge on any atom is 0.258 e. The largest absolute Gasteiger partial charge is 0.467 e. The van der Waals surface area contributed by atoms with Crippen LogP contribution in [0.5, 0.6) is 5.75 Å². The second kappa shape index (κ2) is 8.45. The van der Waals surface area contributed by atoms with Gasteiger partial charge in [0.25, 0.3) is 5.91 Å². The summed E-state index contributed by atoms with van der Waals surface area (Å²) in [6.45, 7) is 5.33. The molecule has 1 aromatic rings. The fourth-order valence-corrected chi connectivity index (χ4v) is 6.40. The van der Waals surface area contributed by atoms with Crippen molar-refractivity contribution in [1.29, 1.82) is 0 Å². The third kappa shape index (κ3) is 3.95. The molecule has 1 spiro atoms. The molecule has 31 heavy (non-hydrogen) atoms. The Balaban J connectivity index is 1.16. The Morgan fingerprint density at radius 1 is 1.26 bits per heavy atom. The van der Waals surface area contributed by atoms with E-state index < -0.39 is 5.72 Å². The number of carbonyl (C=O) groups excluding carboxylic acids is 2. The lowest BCUT2D eigenvalue weighted by Crippen LogP contribution is -2.66. The molecule has 2 aliphatic heterocycles. The normalized spacial score (nSPS) is 34.7. The number of fused-ring (bicyclic) bond motifs is 3. The number of likely N-dealkylation sites (tertiary alicyclic amines) is 1. The molecule has 2 bridgehead atoms. The van der Waals surface area contributed by atoms with E-state index in [-0.39, 0.29) is 29.6 Å². The van der Waals surface area contributed by atoms with Crippen LogP contribution < -0.4 is 15.4 Å². The zero-order valence-corrected chi connectivity index (χ0v) is 18.6. The number of amides is 2. The molecule has 2 N–H and O–H groups in total. The molecule has 6 nitrogen and oxygen atoms in total. The Morgan fingerprint density at radius 3 is 2.94 bits per heavy atom. The molecule has 3 aliphatic carbocycles. The van der Waals surface area contributed by atoms with Gasteiger partial charge >= 0.3 is 0 Å². The first kappa shape index (κ1) is 20.8. The van der Waals surface area contributed by atoms with Crippen LogP contribution in [0.25, 0.3) is 0 Å². The van der Waals surface area contributed by atoms with Crippen LogP contribution in [0.1, 0.15) is 68.6 Å². The van der Waals surface area contributed by atoms with E-state index >= 15 is 0 Å². The van der Waals surface area contributed by atoms with Crippen LogP contribution in [0.3, 0.4) is 0 Å². The fraction of sp³-hybridized carbons (Fsp3) is 0.680. The van der Waals surface area contributed by atoms with Gasteiger partial charge in [-0.1, -0.05) is 18.6 Å². The van der Waals surface area contributed by atoms with E-state index in [9.17, 15) is 9.59 Å². The van der Waals surface area contributed by atoms with Crippen LogP contribution in [0.4, 0.5) is 0 Å². The summed E-state index contributed by atoms with van der Waals surface area (Å²) in [7, 11) is 0. The van der Waals surface area contributed by atoms with Crippen LogP contribution in [-0.2, 0) is 4.79 Å². The number of hydrogen-bond donors (Lipinski definition) is 2. The molecule has 3 saturated carbocycles. The summed E-state index contributed by atoms with van der Waals surface area (Å²) in [5.74, 6) is 1.29. The molecule has 5 atom stereocenters. The summed E-state index contributed by atoms with van der Waals surface area (Å²) in [5.41, 5.74) is -0.0397. The number of piperidine rings is 1. The van der Waals surface area contributed by atoms with Gasteiger partial charge in [-0.2, -0.15) is 0 Å². The number of hydrogen-bond acceptors (Lipinski definition) is 4. The van der Waals surface area contributed by atoms with Crippen molar-refractivity contribution < 1.29 is 14.3 Å². The zero-order valence-electron chi connectivity index (χ0n) is 18.6. The minimum Gasteiger partial charge on any atom is -0.467 e. The highest BCUT2D eigenvalue weighted by molar-refractivity contribution is 5.98. The molecule has 4 fully saturated rings. The highest BCUT2D eigenvalue weighted by Crippen LogP contribution is 2.52. The lowest BCUT2D eigenvalue weighted by Gasteiger charge is -2.55. The van der Waals surface area contributed by atoms with Gasteiger partial charge in [0.1, 0.15) is 5.75 Å². The van der Waals surface area contributed by atoms with Crippen molar-refractivity contribution in [2.24, 2.45) is 17.8 Å². The number of benzene rings is 1. The monoisotopic (exact) mass is 425 g/mol. The van der Waals surface area contributed by atoms with E-state index in [1.54, 1.807) is 6.07 Å². The van der Waals surface area contributed by atoms with Crippen LogP contribution in [0.2, 0.25) is 0 Å². The van der Waals surface area contributed by atoms with Gasteiger partial charge < -0.3 is 20.3 Å². The second-order valence-corrected chi connectivity index (χ2v) is 10.0. The van der Waals surface area contributed by atoms with E-state index in [4.69, 9.17) is 4.74 Å². The lowest BCUT2D eigenvalue weighted by molar-refractivity contribution is -0.146. The molecule has 6 heteroatoms. The van der Waals surface area contributed by atoms with Crippen molar-refractivity contribution in [2.45, 2.75) is 70.1 Å². The molecule has 2 heterocycles. The van der Waals surface area contributed by atoms with E-state index in [2.05, 4.69) is 22.5 Å². The third-order valence-electron chi connectivity index (χ3n) is 8.17. The first-order chi connectivity index (χ1) is 15.1. The molecule has 1 aromatic carbocycles. The topological polar surface area (TPSA) is 70.7 Å². The van der Waals surface area contributed by atoms with E-state index in [0.29, 0.717) is 17.4 Å². The Labute approximate surface area is 185 Å². The van der Waals surface area contributed by atoms with Crippen LogP contribution in [0.15, 0.2) is 24.3 Å². The van der Waals surface area contributed by atoms with Gasteiger partial charge in [-0.05, 0) is 70.0 Å². The molecule has 0 aromatic heterocycles. The molecule has 2 amide bonds. The Kier molecular flexibility index (Phi) is 5.67. The van der Waals surface area contributed by atoms with Gasteiger partial charge in [-0.15, -0.1) is 0 Å². The smallest absolute Gasteiger partial charge is 0.258 e. The van der Waals surface area contributed by atoms with E-state index in [1.165, 1.54) is 25.8 Å². The van der Waals surface area contributed by atoms with Crippen molar-refractivity contribution in [1.82, 2.24) is 15.5 Å². The number of carbonyl (C=O) groups is 2. The van der Waals surface area contributed by atoms with Crippen molar-refractivity contribution in [3.63, 3.8) is 0 Å². The van der Waals surface area contributed by atoms with Crippen LogP contribution >= 0.6 is 0 Å². The zero-order chi connectivity index (χ0) is 21.4. The summed E-state index contributed by atoms with van der Waals surface area (Å²) in [5, 5.41) is 6.39. The highest BCUT2D eigenvalue weighted by atomic mass is 16.5. The predicted octanol–water partition coefficient (Wildman–Crippen LogP) is 3.32. The molecule has 1 saturated heterocycles. The van der Waals surface area contributed by atoms with Crippen molar-refractivity contribution in [3.05, 3.63) is 29.8 Å². The standard InChI is InChI=1S/C25H35N3O3/c1-17-7-4-5-13-28(17)14-6-12-26-23(29)21-15-19-11-10-18(21)16-25(19)27-24(30)20-8-2-3-9-22(20)31-25/h2-3,8-9,17-19,21H,4-7,10-16H2,1H3,(H,26,29)(H,27,30). The Morgan fingerprint density at radius 2 is 2.13 bits per heavy atom. The average molecular weight is 426 g/mol. The number of rotatable bonds is 5. The Bertz CT molecular complexity index is 843.